The van der Waals surface area contributed by atoms with Gasteiger partial charge in [-0.25, -0.2) is 0 Å². The minimum atomic E-state index is 0.0254. The van der Waals surface area contributed by atoms with E-state index in [4.69, 9.17) is 0 Å². The lowest BCUT2D eigenvalue weighted by Crippen LogP contribution is -2.37. The average molecular weight is 346 g/mol. The normalized spacial score (nSPS) is 20.2. The van der Waals surface area contributed by atoms with E-state index >= 15 is 0 Å². The molecule has 0 radical (unpaired) electrons. The number of hydrogen-bond acceptors (Lipinski definition) is 4. The number of carbonyl (C=O) groups excluding carboxylic acids is 1. The van der Waals surface area contributed by atoms with Crippen molar-refractivity contribution in [1.82, 2.24) is 15.5 Å². The van der Waals surface area contributed by atoms with Crippen LogP contribution in [0.3, 0.4) is 0 Å². The van der Waals surface area contributed by atoms with Crippen molar-refractivity contribution in [3.8, 4) is 0 Å². The van der Waals surface area contributed by atoms with Gasteiger partial charge in [0.25, 0.3) is 5.91 Å². The van der Waals surface area contributed by atoms with Crippen molar-refractivity contribution in [2.24, 2.45) is 0 Å². The third kappa shape index (κ3) is 2.44. The van der Waals surface area contributed by atoms with Gasteiger partial charge in [-0.3, -0.25) is 9.89 Å². The average Bonchev–Trinajstić information content (AvgIpc) is 2.93. The van der Waals surface area contributed by atoms with Gasteiger partial charge in [0.1, 0.15) is 9.43 Å². The van der Waals surface area contributed by atoms with Gasteiger partial charge in [-0.2, -0.15) is 16.9 Å². The molecule has 2 aromatic heterocycles. The Kier molecular flexibility index (Phi) is 3.63. The summed E-state index contributed by atoms with van der Waals surface area (Å²) in [6.45, 7) is 0. The molecule has 1 atom stereocenters. The summed E-state index contributed by atoms with van der Waals surface area (Å²) >= 11 is 6.72. The number of aromatic amines is 1. The van der Waals surface area contributed by atoms with E-state index in [1.807, 2.05) is 17.8 Å². The molecule has 1 amide bonds. The van der Waals surface area contributed by atoms with Crippen molar-refractivity contribution in [2.75, 3.05) is 11.5 Å². The Morgan fingerprint density at radius 3 is 3.22 bits per heavy atom. The van der Waals surface area contributed by atoms with Crippen molar-refractivity contribution < 1.29 is 4.79 Å². The van der Waals surface area contributed by atoms with E-state index < -0.39 is 0 Å². The van der Waals surface area contributed by atoms with Gasteiger partial charge in [-0.15, -0.1) is 11.3 Å². The van der Waals surface area contributed by atoms with Gasteiger partial charge in [0.2, 0.25) is 0 Å². The fourth-order valence-electron chi connectivity index (χ4n) is 2.00. The van der Waals surface area contributed by atoms with E-state index in [9.17, 15) is 4.79 Å². The number of aromatic nitrogens is 2. The number of carbonyl (C=O) groups is 1. The van der Waals surface area contributed by atoms with Crippen LogP contribution in [0.5, 0.6) is 0 Å². The molecule has 3 rings (SSSR count). The summed E-state index contributed by atoms with van der Waals surface area (Å²) in [6, 6.07) is 2.20. The Morgan fingerprint density at radius 2 is 2.50 bits per heavy atom. The molecular formula is C11H12BrN3OS2. The van der Waals surface area contributed by atoms with E-state index in [0.29, 0.717) is 6.04 Å². The first-order chi connectivity index (χ1) is 8.74. The van der Waals surface area contributed by atoms with Crippen molar-refractivity contribution in [2.45, 2.75) is 18.9 Å². The highest BCUT2D eigenvalue weighted by Crippen LogP contribution is 2.29. The molecule has 0 saturated carbocycles. The highest BCUT2D eigenvalue weighted by Gasteiger charge is 2.19. The minimum Gasteiger partial charge on any atom is -0.348 e. The predicted molar refractivity (Wildman–Crippen MR) is 79.5 cm³/mol. The molecular weight excluding hydrogens is 334 g/mol. The highest BCUT2D eigenvalue weighted by molar-refractivity contribution is 9.10. The molecule has 96 valence electrons. The molecule has 1 aliphatic heterocycles. The third-order valence-electron chi connectivity index (χ3n) is 2.92. The Hall–Kier alpha value is -0.530. The SMILES string of the molecule is O=C(NC1CCCSC1)c1cc2c(Br)[nH]nc2s1. The lowest BCUT2D eigenvalue weighted by Gasteiger charge is -2.21. The first kappa shape index (κ1) is 12.5. The number of thioether (sulfide) groups is 1. The Balaban J connectivity index is 1.74. The predicted octanol–water partition coefficient (Wildman–Crippen LogP) is 3.01. The van der Waals surface area contributed by atoms with Gasteiger partial charge >= 0.3 is 0 Å². The second kappa shape index (κ2) is 5.22. The van der Waals surface area contributed by atoms with E-state index in [-0.39, 0.29) is 5.91 Å². The number of thiophene rings is 1. The Labute approximate surface area is 121 Å². The highest BCUT2D eigenvalue weighted by atomic mass is 79.9. The zero-order valence-electron chi connectivity index (χ0n) is 9.53. The Morgan fingerprint density at radius 1 is 1.61 bits per heavy atom. The van der Waals surface area contributed by atoms with Crippen LogP contribution in [0.4, 0.5) is 0 Å². The van der Waals surface area contributed by atoms with Crippen LogP contribution in [0, 0.1) is 0 Å². The van der Waals surface area contributed by atoms with Crippen LogP contribution in [0.15, 0.2) is 10.7 Å². The van der Waals surface area contributed by atoms with Gasteiger partial charge in [-0.1, -0.05) is 0 Å². The summed E-state index contributed by atoms with van der Waals surface area (Å²) in [5.41, 5.74) is 0. The summed E-state index contributed by atoms with van der Waals surface area (Å²) in [7, 11) is 0. The zero-order chi connectivity index (χ0) is 12.5. The summed E-state index contributed by atoms with van der Waals surface area (Å²) in [5.74, 6) is 2.27. The smallest absolute Gasteiger partial charge is 0.261 e. The molecule has 3 heterocycles. The number of hydrogen-bond donors (Lipinski definition) is 2. The second-order valence-electron chi connectivity index (χ2n) is 4.25. The van der Waals surface area contributed by atoms with Gasteiger partial charge in [-0.05, 0) is 40.6 Å². The molecule has 1 unspecified atom stereocenters. The first-order valence-corrected chi connectivity index (χ1v) is 8.52. The lowest BCUT2D eigenvalue weighted by molar-refractivity contribution is 0.0943. The molecule has 7 heteroatoms. The fourth-order valence-corrected chi connectivity index (χ4v) is 4.50. The number of rotatable bonds is 2. The largest absolute Gasteiger partial charge is 0.348 e. The fraction of sp³-hybridized carbons (Fsp3) is 0.455. The van der Waals surface area contributed by atoms with E-state index in [2.05, 4.69) is 31.4 Å². The molecule has 0 spiro atoms. The minimum absolute atomic E-state index is 0.0254. The van der Waals surface area contributed by atoms with Crippen molar-refractivity contribution >= 4 is 55.2 Å². The molecule has 1 fully saturated rings. The van der Waals surface area contributed by atoms with Crippen LogP contribution in [0.1, 0.15) is 22.5 Å². The molecule has 2 N–H and O–H groups in total. The topological polar surface area (TPSA) is 57.8 Å². The molecule has 0 aromatic carbocycles. The van der Waals surface area contributed by atoms with Crippen LogP contribution in [-0.2, 0) is 0 Å². The number of fused-ring (bicyclic) bond motifs is 1. The number of halogens is 1. The molecule has 4 nitrogen and oxygen atoms in total. The molecule has 18 heavy (non-hydrogen) atoms. The van der Waals surface area contributed by atoms with Crippen LogP contribution in [0.25, 0.3) is 10.2 Å². The third-order valence-corrected chi connectivity index (χ3v) is 5.77. The van der Waals surface area contributed by atoms with Crippen LogP contribution < -0.4 is 5.32 Å². The number of nitrogens with zero attached hydrogens (tertiary/aromatic N) is 1. The lowest BCUT2D eigenvalue weighted by atomic mass is 10.2. The van der Waals surface area contributed by atoms with Gasteiger partial charge in [0.05, 0.1) is 4.88 Å². The monoisotopic (exact) mass is 345 g/mol. The maximum absolute atomic E-state index is 12.1. The van der Waals surface area contributed by atoms with Gasteiger partial charge in [0.15, 0.2) is 0 Å². The Bertz CT molecular complexity index is 574. The first-order valence-electron chi connectivity index (χ1n) is 5.76. The van der Waals surface area contributed by atoms with E-state index in [1.54, 1.807) is 0 Å². The number of amides is 1. The molecule has 0 aliphatic carbocycles. The number of H-pyrrole nitrogens is 1. The van der Waals surface area contributed by atoms with Gasteiger partial charge in [0, 0.05) is 17.2 Å². The summed E-state index contributed by atoms with van der Waals surface area (Å²) in [4.78, 5) is 13.7. The van der Waals surface area contributed by atoms with E-state index in [0.717, 1.165) is 31.9 Å². The second-order valence-corrected chi connectivity index (χ2v) is 7.23. The molecule has 1 saturated heterocycles. The summed E-state index contributed by atoms with van der Waals surface area (Å²) < 4.78 is 0.834. The maximum atomic E-state index is 12.1. The van der Waals surface area contributed by atoms with Crippen molar-refractivity contribution in [3.05, 3.63) is 15.5 Å². The maximum Gasteiger partial charge on any atom is 0.261 e. The number of nitrogens with one attached hydrogen (secondary N) is 2. The van der Waals surface area contributed by atoms with Crippen LogP contribution in [0.2, 0.25) is 0 Å². The van der Waals surface area contributed by atoms with Crippen LogP contribution >= 0.6 is 39.0 Å². The summed E-state index contributed by atoms with van der Waals surface area (Å²) in [5, 5.41) is 11.1. The standard InChI is InChI=1S/C11H12BrN3OS2/c12-9-7-4-8(18-11(7)15-14-9)10(16)13-6-2-1-3-17-5-6/h4,6H,1-3,5H2,(H,13,16)(H,14,15). The molecule has 2 aromatic rings. The summed E-state index contributed by atoms with van der Waals surface area (Å²) in [6.07, 6.45) is 2.28. The van der Waals surface area contributed by atoms with Crippen LogP contribution in [-0.4, -0.2) is 33.7 Å². The quantitative estimate of drug-likeness (QED) is 0.879. The molecule has 0 bridgehead atoms. The van der Waals surface area contributed by atoms with Gasteiger partial charge < -0.3 is 5.32 Å². The zero-order valence-corrected chi connectivity index (χ0v) is 12.8. The molecule has 1 aliphatic rings. The van der Waals surface area contributed by atoms with Crippen molar-refractivity contribution in [1.29, 1.82) is 0 Å². The van der Waals surface area contributed by atoms with E-state index in [1.165, 1.54) is 23.5 Å². The van der Waals surface area contributed by atoms with Crippen molar-refractivity contribution in [3.63, 3.8) is 0 Å².